The van der Waals surface area contributed by atoms with Crippen LogP contribution in [0, 0.1) is 11.7 Å². The average molecular weight is 416 g/mol. The Hall–Kier alpha value is -1.95. The summed E-state index contributed by atoms with van der Waals surface area (Å²) in [6, 6.07) is 6.04. The van der Waals surface area contributed by atoms with Crippen LogP contribution < -0.4 is 0 Å². The average Bonchev–Trinajstić information content (AvgIpc) is 3.29. The van der Waals surface area contributed by atoms with Gasteiger partial charge in [-0.05, 0) is 69.2 Å². The van der Waals surface area contributed by atoms with Gasteiger partial charge in [0.25, 0.3) is 5.91 Å². The first-order valence-electron chi connectivity index (χ1n) is 11.6. The number of rotatable bonds is 4. The van der Waals surface area contributed by atoms with E-state index in [1.807, 2.05) is 4.90 Å². The summed E-state index contributed by atoms with van der Waals surface area (Å²) in [4.78, 5) is 32.7. The number of halogens is 1. The summed E-state index contributed by atoms with van der Waals surface area (Å²) < 4.78 is 13.2. The van der Waals surface area contributed by atoms with E-state index in [-0.39, 0.29) is 17.8 Å². The van der Waals surface area contributed by atoms with Crippen LogP contribution >= 0.6 is 0 Å². The highest BCUT2D eigenvalue weighted by atomic mass is 19.1. The second kappa shape index (κ2) is 9.46. The first kappa shape index (κ1) is 21.3. The quantitative estimate of drug-likeness (QED) is 0.756. The van der Waals surface area contributed by atoms with Gasteiger partial charge in [-0.1, -0.05) is 12.8 Å². The van der Waals surface area contributed by atoms with Crippen LogP contribution in [0.25, 0.3) is 0 Å². The molecule has 2 heterocycles. The Morgan fingerprint density at radius 1 is 0.900 bits per heavy atom. The molecule has 0 radical (unpaired) electrons. The van der Waals surface area contributed by atoms with Gasteiger partial charge in [0, 0.05) is 44.3 Å². The molecule has 0 N–H and O–H groups in total. The minimum atomic E-state index is -0.332. The molecule has 1 saturated carbocycles. The number of hydrogen-bond donors (Lipinski definition) is 0. The van der Waals surface area contributed by atoms with E-state index in [1.54, 1.807) is 12.1 Å². The summed E-state index contributed by atoms with van der Waals surface area (Å²) in [7, 11) is 0. The Bertz CT molecular complexity index is 739. The molecule has 1 aliphatic carbocycles. The number of carbonyl (C=O) groups is 2. The molecule has 1 aromatic rings. The van der Waals surface area contributed by atoms with Crippen LogP contribution in [0.3, 0.4) is 0 Å². The molecule has 0 spiro atoms. The maximum absolute atomic E-state index is 13.6. The number of carbonyl (C=O) groups excluding carboxylic acids is 2. The molecule has 164 valence electrons. The molecule has 2 unspecified atom stereocenters. The molecular weight excluding hydrogens is 381 g/mol. The van der Waals surface area contributed by atoms with Crippen LogP contribution in [0.5, 0.6) is 0 Å². The highest BCUT2D eigenvalue weighted by Crippen LogP contribution is 2.33. The third-order valence-corrected chi connectivity index (χ3v) is 7.27. The van der Waals surface area contributed by atoms with Crippen LogP contribution in [0.15, 0.2) is 24.3 Å². The highest BCUT2D eigenvalue weighted by molar-refractivity contribution is 5.94. The van der Waals surface area contributed by atoms with Crippen molar-refractivity contribution in [2.45, 2.75) is 64.0 Å². The number of benzene rings is 1. The Balaban J connectivity index is 1.43. The van der Waals surface area contributed by atoms with Gasteiger partial charge in [-0.25, -0.2) is 4.39 Å². The summed E-state index contributed by atoms with van der Waals surface area (Å²) >= 11 is 0. The molecule has 5 nitrogen and oxygen atoms in total. The molecule has 30 heavy (non-hydrogen) atoms. The summed E-state index contributed by atoms with van der Waals surface area (Å²) in [6.07, 6.45) is 8.11. The molecular formula is C24H34FN3O2. The fourth-order valence-corrected chi connectivity index (χ4v) is 5.50. The second-order valence-corrected chi connectivity index (χ2v) is 9.20. The largest absolute Gasteiger partial charge is 0.339 e. The lowest BCUT2D eigenvalue weighted by Crippen LogP contribution is -2.60. The van der Waals surface area contributed by atoms with Crippen molar-refractivity contribution in [1.82, 2.24) is 14.7 Å². The monoisotopic (exact) mass is 415 g/mol. The van der Waals surface area contributed by atoms with E-state index in [0.717, 1.165) is 45.3 Å². The molecule has 3 aliphatic rings. The number of hydrogen-bond acceptors (Lipinski definition) is 3. The molecule has 2 aliphatic heterocycles. The predicted molar refractivity (Wildman–Crippen MR) is 115 cm³/mol. The summed E-state index contributed by atoms with van der Waals surface area (Å²) in [5.74, 6) is 0.364. The highest BCUT2D eigenvalue weighted by Gasteiger charge is 2.40. The van der Waals surface area contributed by atoms with E-state index >= 15 is 0 Å². The fraction of sp³-hybridized carbons (Fsp3) is 0.667. The van der Waals surface area contributed by atoms with E-state index in [9.17, 15) is 14.0 Å². The maximum atomic E-state index is 13.6. The van der Waals surface area contributed by atoms with Crippen LogP contribution in [-0.4, -0.2) is 71.3 Å². The van der Waals surface area contributed by atoms with Crippen molar-refractivity contribution in [1.29, 1.82) is 0 Å². The lowest BCUT2D eigenvalue weighted by Gasteiger charge is -2.44. The van der Waals surface area contributed by atoms with Gasteiger partial charge in [0.2, 0.25) is 5.91 Å². The zero-order chi connectivity index (χ0) is 21.1. The number of piperidine rings is 1. The lowest BCUT2D eigenvalue weighted by atomic mass is 9.92. The minimum absolute atomic E-state index is 0.0453. The molecule has 2 saturated heterocycles. The summed E-state index contributed by atoms with van der Waals surface area (Å²) in [5, 5.41) is 0. The molecule has 6 heteroatoms. The standard InChI is InChI=1S/C24H34FN3O2/c1-18-6-4-5-13-28(18)24(30)22(19-7-2-3-8-19)26-14-16-27(17-15-26)23(29)20-9-11-21(25)12-10-20/h9-12,18-19,22H,2-8,13-17H2,1H3. The second-order valence-electron chi connectivity index (χ2n) is 9.20. The normalized spacial score (nSPS) is 24.8. The van der Waals surface area contributed by atoms with Crippen LogP contribution in [0.4, 0.5) is 4.39 Å². The number of nitrogens with zero attached hydrogens (tertiary/aromatic N) is 3. The molecule has 3 fully saturated rings. The smallest absolute Gasteiger partial charge is 0.253 e. The molecule has 2 atom stereocenters. The minimum Gasteiger partial charge on any atom is -0.339 e. The Morgan fingerprint density at radius 2 is 1.53 bits per heavy atom. The van der Waals surface area contributed by atoms with Crippen LogP contribution in [0.1, 0.15) is 62.2 Å². The van der Waals surface area contributed by atoms with Crippen LogP contribution in [0.2, 0.25) is 0 Å². The van der Waals surface area contributed by atoms with Crippen molar-refractivity contribution >= 4 is 11.8 Å². The SMILES string of the molecule is CC1CCCCN1C(=O)C(C1CCCC1)N1CCN(C(=O)c2ccc(F)cc2)CC1. The van der Waals surface area contributed by atoms with Gasteiger partial charge in [0.1, 0.15) is 5.82 Å². The summed E-state index contributed by atoms with van der Waals surface area (Å²) in [5.41, 5.74) is 0.524. The van der Waals surface area contributed by atoms with Crippen molar-refractivity contribution in [3.8, 4) is 0 Å². The Labute approximate surface area is 179 Å². The van der Waals surface area contributed by atoms with Crippen LogP contribution in [-0.2, 0) is 4.79 Å². The maximum Gasteiger partial charge on any atom is 0.253 e. The molecule has 0 bridgehead atoms. The third-order valence-electron chi connectivity index (χ3n) is 7.27. The number of likely N-dealkylation sites (tertiary alicyclic amines) is 1. The van der Waals surface area contributed by atoms with E-state index in [1.165, 1.54) is 31.4 Å². The van der Waals surface area contributed by atoms with Crippen molar-refractivity contribution in [3.63, 3.8) is 0 Å². The van der Waals surface area contributed by atoms with Gasteiger partial charge in [0.05, 0.1) is 6.04 Å². The summed E-state index contributed by atoms with van der Waals surface area (Å²) in [6.45, 7) is 5.74. The predicted octanol–water partition coefficient (Wildman–Crippen LogP) is 3.54. The first-order valence-corrected chi connectivity index (χ1v) is 11.6. The number of piperazine rings is 1. The molecule has 0 aromatic heterocycles. The van der Waals surface area contributed by atoms with Crippen molar-refractivity contribution < 1.29 is 14.0 Å². The van der Waals surface area contributed by atoms with Gasteiger partial charge in [-0.2, -0.15) is 0 Å². The lowest BCUT2D eigenvalue weighted by molar-refractivity contribution is -0.143. The number of amides is 2. The van der Waals surface area contributed by atoms with E-state index in [4.69, 9.17) is 0 Å². The fourth-order valence-electron chi connectivity index (χ4n) is 5.50. The zero-order valence-electron chi connectivity index (χ0n) is 18.1. The first-order chi connectivity index (χ1) is 14.5. The van der Waals surface area contributed by atoms with Crippen molar-refractivity contribution in [2.24, 2.45) is 5.92 Å². The van der Waals surface area contributed by atoms with E-state index in [2.05, 4.69) is 16.7 Å². The van der Waals surface area contributed by atoms with Gasteiger partial charge >= 0.3 is 0 Å². The Morgan fingerprint density at radius 3 is 2.17 bits per heavy atom. The van der Waals surface area contributed by atoms with Gasteiger partial charge < -0.3 is 9.80 Å². The van der Waals surface area contributed by atoms with Crippen molar-refractivity contribution in [3.05, 3.63) is 35.6 Å². The molecule has 1 aromatic carbocycles. The van der Waals surface area contributed by atoms with E-state index in [0.29, 0.717) is 36.5 Å². The van der Waals surface area contributed by atoms with Gasteiger partial charge in [-0.15, -0.1) is 0 Å². The van der Waals surface area contributed by atoms with E-state index < -0.39 is 0 Å². The van der Waals surface area contributed by atoms with Crippen molar-refractivity contribution in [2.75, 3.05) is 32.7 Å². The topological polar surface area (TPSA) is 43.9 Å². The van der Waals surface area contributed by atoms with Gasteiger partial charge in [-0.3, -0.25) is 14.5 Å². The third kappa shape index (κ3) is 4.53. The molecule has 4 rings (SSSR count). The van der Waals surface area contributed by atoms with Gasteiger partial charge in [0.15, 0.2) is 0 Å². The molecule has 2 amide bonds. The zero-order valence-corrected chi connectivity index (χ0v) is 18.1. The Kier molecular flexibility index (Phi) is 6.71.